The Bertz CT molecular complexity index is 1120. The van der Waals surface area contributed by atoms with E-state index in [1.54, 1.807) is 11.0 Å². The summed E-state index contributed by atoms with van der Waals surface area (Å²) in [6.45, 7) is 6.46. The molecule has 1 unspecified atom stereocenters. The van der Waals surface area contributed by atoms with Crippen LogP contribution in [0.15, 0.2) is 48.5 Å². The number of hydrogen-bond acceptors (Lipinski definition) is 4. The first-order valence-corrected chi connectivity index (χ1v) is 12.1. The van der Waals surface area contributed by atoms with Gasteiger partial charge in [0.2, 0.25) is 11.8 Å². The summed E-state index contributed by atoms with van der Waals surface area (Å²) in [7, 11) is 0. The van der Waals surface area contributed by atoms with E-state index in [9.17, 15) is 14.4 Å². The van der Waals surface area contributed by atoms with Crippen molar-refractivity contribution >= 4 is 17.7 Å². The maximum Gasteiger partial charge on any atom is 0.255 e. The number of amides is 3. The Morgan fingerprint density at radius 2 is 1.71 bits per heavy atom. The number of benzene rings is 2. The van der Waals surface area contributed by atoms with Crippen LogP contribution in [0.2, 0.25) is 0 Å². The largest absolute Gasteiger partial charge is 0.353 e. The van der Waals surface area contributed by atoms with Crippen LogP contribution in [0.25, 0.3) is 0 Å². The number of fused-ring (bicyclic) bond motifs is 2. The molecule has 2 aromatic carbocycles. The Hall–Kier alpha value is -3.19. The highest BCUT2D eigenvalue weighted by Gasteiger charge is 2.47. The number of nitrogens with zero attached hydrogens (tertiary/aromatic N) is 2. The van der Waals surface area contributed by atoms with Gasteiger partial charge in [-0.25, -0.2) is 0 Å². The van der Waals surface area contributed by atoms with Crippen LogP contribution in [0.5, 0.6) is 0 Å². The molecule has 0 bridgehead atoms. The summed E-state index contributed by atoms with van der Waals surface area (Å²) in [5, 5.41) is 5.76. The van der Waals surface area contributed by atoms with E-state index in [1.165, 1.54) is 11.1 Å². The molecule has 0 spiro atoms. The smallest absolute Gasteiger partial charge is 0.255 e. The average Bonchev–Trinajstić information content (AvgIpc) is 3.64. The van der Waals surface area contributed by atoms with E-state index in [0.717, 1.165) is 37.9 Å². The monoisotopic (exact) mass is 460 g/mol. The number of carbonyl (C=O) groups excluding carboxylic acids is 3. The quantitative estimate of drug-likeness (QED) is 0.665. The fourth-order valence-electron chi connectivity index (χ4n) is 5.10. The van der Waals surface area contributed by atoms with E-state index in [2.05, 4.69) is 53.6 Å². The van der Waals surface area contributed by atoms with Crippen LogP contribution < -0.4 is 10.6 Å². The zero-order chi connectivity index (χ0) is 23.9. The van der Waals surface area contributed by atoms with E-state index in [0.29, 0.717) is 12.1 Å². The maximum absolute atomic E-state index is 13.1. The zero-order valence-electron chi connectivity index (χ0n) is 19.8. The van der Waals surface area contributed by atoms with Crippen molar-refractivity contribution in [3.8, 4) is 0 Å². The minimum Gasteiger partial charge on any atom is -0.353 e. The van der Waals surface area contributed by atoms with Gasteiger partial charge < -0.3 is 15.5 Å². The van der Waals surface area contributed by atoms with Gasteiger partial charge in [-0.3, -0.25) is 19.3 Å². The molecule has 34 heavy (non-hydrogen) atoms. The minimum atomic E-state index is -0.658. The van der Waals surface area contributed by atoms with E-state index < -0.39 is 6.04 Å². The summed E-state index contributed by atoms with van der Waals surface area (Å²) in [5.41, 5.74) is 3.83. The Kier molecular flexibility index (Phi) is 5.90. The molecule has 178 valence electrons. The molecule has 3 amide bonds. The van der Waals surface area contributed by atoms with Gasteiger partial charge in [0, 0.05) is 36.8 Å². The van der Waals surface area contributed by atoms with Crippen LogP contribution in [0.4, 0.5) is 0 Å². The fourth-order valence-corrected chi connectivity index (χ4v) is 5.10. The molecule has 3 aliphatic rings. The van der Waals surface area contributed by atoms with Gasteiger partial charge in [0.05, 0.1) is 6.54 Å². The van der Waals surface area contributed by atoms with Crippen molar-refractivity contribution in [1.29, 1.82) is 0 Å². The van der Waals surface area contributed by atoms with E-state index in [1.807, 2.05) is 18.2 Å². The first-order chi connectivity index (χ1) is 16.3. The van der Waals surface area contributed by atoms with Crippen LogP contribution in [0.1, 0.15) is 59.8 Å². The van der Waals surface area contributed by atoms with Gasteiger partial charge in [0.25, 0.3) is 5.91 Å². The van der Waals surface area contributed by atoms with Gasteiger partial charge in [-0.2, -0.15) is 0 Å². The highest BCUT2D eigenvalue weighted by molar-refractivity contribution is 6.05. The van der Waals surface area contributed by atoms with Gasteiger partial charge in [-0.15, -0.1) is 0 Å². The molecule has 0 saturated heterocycles. The lowest BCUT2D eigenvalue weighted by molar-refractivity contribution is -0.129. The predicted molar refractivity (Wildman–Crippen MR) is 129 cm³/mol. The Morgan fingerprint density at radius 3 is 2.47 bits per heavy atom. The molecule has 2 aliphatic heterocycles. The van der Waals surface area contributed by atoms with Crippen LogP contribution in [-0.4, -0.2) is 58.7 Å². The molecule has 2 heterocycles. The second kappa shape index (κ2) is 8.87. The third-order valence-electron chi connectivity index (χ3n) is 7.32. The van der Waals surface area contributed by atoms with Gasteiger partial charge in [0.15, 0.2) is 0 Å². The molecule has 0 aromatic heterocycles. The molecule has 1 saturated carbocycles. The summed E-state index contributed by atoms with van der Waals surface area (Å²) in [4.78, 5) is 42.6. The highest BCUT2D eigenvalue weighted by atomic mass is 16.2. The number of nitrogens with one attached hydrogen (secondary N) is 2. The molecule has 1 fully saturated rings. The molecular weight excluding hydrogens is 428 g/mol. The van der Waals surface area contributed by atoms with Crippen LogP contribution in [0.3, 0.4) is 0 Å². The normalized spacial score (nSPS) is 20.0. The summed E-state index contributed by atoms with van der Waals surface area (Å²) < 4.78 is 0. The molecule has 1 atom stereocenters. The number of carbonyl (C=O) groups is 3. The van der Waals surface area contributed by atoms with E-state index in [-0.39, 0.29) is 35.8 Å². The Labute approximate surface area is 200 Å². The van der Waals surface area contributed by atoms with E-state index in [4.69, 9.17) is 0 Å². The van der Waals surface area contributed by atoms with Crippen LogP contribution in [0, 0.1) is 0 Å². The maximum atomic E-state index is 13.1. The third-order valence-corrected chi connectivity index (χ3v) is 7.32. The molecule has 7 nitrogen and oxygen atoms in total. The predicted octanol–water partition coefficient (Wildman–Crippen LogP) is 2.42. The lowest BCUT2D eigenvalue weighted by Gasteiger charge is -2.41. The average molecular weight is 461 g/mol. The number of hydrogen-bond donors (Lipinski definition) is 2. The highest BCUT2D eigenvalue weighted by Crippen LogP contribution is 2.41. The molecule has 0 radical (unpaired) electrons. The summed E-state index contributed by atoms with van der Waals surface area (Å²) >= 11 is 0. The van der Waals surface area contributed by atoms with Crippen molar-refractivity contribution in [3.05, 3.63) is 70.8 Å². The van der Waals surface area contributed by atoms with Crippen molar-refractivity contribution in [3.63, 3.8) is 0 Å². The van der Waals surface area contributed by atoms with Crippen molar-refractivity contribution in [1.82, 2.24) is 20.4 Å². The second-order valence-corrected chi connectivity index (χ2v) is 10.2. The first kappa shape index (κ1) is 22.6. The molecular formula is C27H32N4O3. The molecule has 2 N–H and O–H groups in total. The van der Waals surface area contributed by atoms with Gasteiger partial charge in [-0.1, -0.05) is 42.5 Å². The third kappa shape index (κ3) is 4.32. The van der Waals surface area contributed by atoms with Crippen molar-refractivity contribution in [2.45, 2.75) is 57.3 Å². The fraction of sp³-hybridized carbons (Fsp3) is 0.444. The number of rotatable bonds is 7. The molecule has 7 heteroatoms. The van der Waals surface area contributed by atoms with Crippen LogP contribution >= 0.6 is 0 Å². The topological polar surface area (TPSA) is 81.8 Å². The minimum absolute atomic E-state index is 0.0902. The molecule has 2 aromatic rings. The van der Waals surface area contributed by atoms with Crippen molar-refractivity contribution < 1.29 is 14.4 Å². The van der Waals surface area contributed by atoms with Crippen molar-refractivity contribution in [2.75, 3.05) is 19.6 Å². The first-order valence-electron chi connectivity index (χ1n) is 12.1. The summed E-state index contributed by atoms with van der Waals surface area (Å²) in [5.74, 6) is -0.616. The lowest BCUT2D eigenvalue weighted by Crippen LogP contribution is -2.54. The SMILES string of the molecule is CC(C)(CNC(=O)CNC(=O)C1c2ccccc2C(=O)N1C1CC1)N1CCc2ccccc2C1. The summed E-state index contributed by atoms with van der Waals surface area (Å²) in [6.07, 6.45) is 2.84. The lowest BCUT2D eigenvalue weighted by atomic mass is 9.94. The standard InChI is InChI=1S/C27H32N4O3/c1-27(2,30-14-13-18-7-3-4-8-19(18)16-30)17-29-23(32)15-28-25(33)24-21-9-5-6-10-22(21)26(34)31(24)20-11-12-20/h3-10,20,24H,11-17H2,1-2H3,(H,28,33)(H,29,32). The van der Waals surface area contributed by atoms with Crippen molar-refractivity contribution in [2.24, 2.45) is 0 Å². The zero-order valence-corrected chi connectivity index (χ0v) is 19.8. The molecule has 1 aliphatic carbocycles. The van der Waals surface area contributed by atoms with Gasteiger partial charge >= 0.3 is 0 Å². The second-order valence-electron chi connectivity index (χ2n) is 10.2. The molecule has 5 rings (SSSR count). The van der Waals surface area contributed by atoms with Gasteiger partial charge in [-0.05, 0) is 55.9 Å². The summed E-state index contributed by atoms with van der Waals surface area (Å²) in [6, 6.07) is 15.2. The Balaban J connectivity index is 1.16. The Morgan fingerprint density at radius 1 is 1.00 bits per heavy atom. The van der Waals surface area contributed by atoms with E-state index >= 15 is 0 Å². The van der Waals surface area contributed by atoms with Gasteiger partial charge in [0.1, 0.15) is 6.04 Å². The van der Waals surface area contributed by atoms with Crippen LogP contribution in [-0.2, 0) is 22.6 Å².